The average Bonchev–Trinajstić information content (AvgIpc) is 3.18. The van der Waals surface area contributed by atoms with Crippen molar-refractivity contribution in [3.63, 3.8) is 0 Å². The van der Waals surface area contributed by atoms with Crippen molar-refractivity contribution in [2.45, 2.75) is 25.8 Å². The van der Waals surface area contributed by atoms with Crippen LogP contribution in [0.5, 0.6) is 0 Å². The number of anilines is 1. The zero-order valence-electron chi connectivity index (χ0n) is 19.2. The molecule has 0 saturated heterocycles. The molecule has 0 fully saturated rings. The lowest BCUT2D eigenvalue weighted by Gasteiger charge is -2.22. The summed E-state index contributed by atoms with van der Waals surface area (Å²) in [6, 6.07) is 14.4. The van der Waals surface area contributed by atoms with Crippen LogP contribution < -0.4 is 16.5 Å². The van der Waals surface area contributed by atoms with Crippen LogP contribution in [0.2, 0.25) is 0 Å². The molecular weight excluding hydrogens is 414 g/mol. The molecular formula is C25H29N7O. The lowest BCUT2D eigenvalue weighted by atomic mass is 9.91. The third-order valence-electron chi connectivity index (χ3n) is 5.86. The lowest BCUT2D eigenvalue weighted by Crippen LogP contribution is -2.20. The van der Waals surface area contributed by atoms with Crippen LogP contribution in [0.1, 0.15) is 36.1 Å². The van der Waals surface area contributed by atoms with E-state index < -0.39 is 0 Å². The van der Waals surface area contributed by atoms with Gasteiger partial charge < -0.3 is 16.5 Å². The SMILES string of the molecule is CNC(=O)Cc1cccc(NC2CCN=C(C(C)=NN)c3ccc(-c4cnn(C)c4)cc32)c1. The molecule has 8 nitrogen and oxygen atoms in total. The number of aliphatic imine (C=N–C) groups is 1. The van der Waals surface area contributed by atoms with E-state index in [1.807, 2.05) is 50.6 Å². The topological polar surface area (TPSA) is 110 Å². The van der Waals surface area contributed by atoms with Crippen molar-refractivity contribution >= 4 is 23.0 Å². The lowest BCUT2D eigenvalue weighted by molar-refractivity contribution is -0.119. The van der Waals surface area contributed by atoms with Gasteiger partial charge in [-0.3, -0.25) is 14.5 Å². The molecule has 1 aliphatic heterocycles. The van der Waals surface area contributed by atoms with Crippen LogP contribution in [0.15, 0.2) is 65.0 Å². The molecule has 0 aliphatic carbocycles. The highest BCUT2D eigenvalue weighted by Crippen LogP contribution is 2.33. The van der Waals surface area contributed by atoms with Crippen LogP contribution in [0.3, 0.4) is 0 Å². The Balaban J connectivity index is 1.72. The number of nitrogens with one attached hydrogen (secondary N) is 2. The van der Waals surface area contributed by atoms with E-state index in [-0.39, 0.29) is 11.9 Å². The molecule has 33 heavy (non-hydrogen) atoms. The number of hydrazone groups is 1. The molecule has 3 aromatic rings. The van der Waals surface area contributed by atoms with Gasteiger partial charge in [-0.05, 0) is 48.2 Å². The second-order valence-corrected chi connectivity index (χ2v) is 8.19. The van der Waals surface area contributed by atoms with Gasteiger partial charge in [0.25, 0.3) is 0 Å². The summed E-state index contributed by atoms with van der Waals surface area (Å²) in [5, 5.41) is 14.6. The third kappa shape index (κ3) is 4.95. The third-order valence-corrected chi connectivity index (χ3v) is 5.86. The van der Waals surface area contributed by atoms with Crippen LogP contribution in [0.4, 0.5) is 5.69 Å². The molecule has 1 aromatic heterocycles. The van der Waals surface area contributed by atoms with E-state index in [1.54, 1.807) is 11.7 Å². The van der Waals surface area contributed by atoms with Crippen molar-refractivity contribution in [3.8, 4) is 11.1 Å². The summed E-state index contributed by atoms with van der Waals surface area (Å²) in [4.78, 5) is 16.6. The molecule has 1 atom stereocenters. The number of benzene rings is 2. The predicted molar refractivity (Wildman–Crippen MR) is 133 cm³/mol. The first-order valence-corrected chi connectivity index (χ1v) is 11.0. The Morgan fingerprint density at radius 2 is 2.09 bits per heavy atom. The predicted octanol–water partition coefficient (Wildman–Crippen LogP) is 3.06. The zero-order valence-corrected chi connectivity index (χ0v) is 19.2. The summed E-state index contributed by atoms with van der Waals surface area (Å²) >= 11 is 0. The maximum Gasteiger partial charge on any atom is 0.224 e. The monoisotopic (exact) mass is 443 g/mol. The average molecular weight is 444 g/mol. The van der Waals surface area contributed by atoms with E-state index in [0.717, 1.165) is 45.6 Å². The first kappa shape index (κ1) is 22.3. The summed E-state index contributed by atoms with van der Waals surface area (Å²) in [5.41, 5.74) is 7.75. The Bertz CT molecular complexity index is 1220. The molecule has 1 unspecified atom stereocenters. The Morgan fingerprint density at radius 3 is 2.82 bits per heavy atom. The van der Waals surface area contributed by atoms with Crippen LogP contribution in [0, 0.1) is 0 Å². The van der Waals surface area contributed by atoms with Gasteiger partial charge in [0, 0.05) is 43.7 Å². The van der Waals surface area contributed by atoms with Gasteiger partial charge in [-0.1, -0.05) is 24.3 Å². The molecule has 4 N–H and O–H groups in total. The van der Waals surface area contributed by atoms with Crippen LogP contribution in [-0.2, 0) is 18.3 Å². The quantitative estimate of drug-likeness (QED) is 0.309. The Hall–Kier alpha value is -3.94. The maximum atomic E-state index is 11.8. The second-order valence-electron chi connectivity index (χ2n) is 8.19. The van der Waals surface area contributed by atoms with Gasteiger partial charge >= 0.3 is 0 Å². The van der Waals surface area contributed by atoms with Gasteiger partial charge in [-0.25, -0.2) is 0 Å². The van der Waals surface area contributed by atoms with Gasteiger partial charge in [0.05, 0.1) is 30.1 Å². The van der Waals surface area contributed by atoms with Crippen LogP contribution >= 0.6 is 0 Å². The van der Waals surface area contributed by atoms with E-state index in [9.17, 15) is 4.79 Å². The van der Waals surface area contributed by atoms with Gasteiger partial charge in [0.15, 0.2) is 0 Å². The van der Waals surface area contributed by atoms with E-state index >= 15 is 0 Å². The summed E-state index contributed by atoms with van der Waals surface area (Å²) in [6.07, 6.45) is 5.03. The molecule has 2 heterocycles. The van der Waals surface area contributed by atoms with Gasteiger partial charge in [-0.15, -0.1) is 0 Å². The number of hydrogen-bond donors (Lipinski definition) is 3. The molecule has 0 bridgehead atoms. The van der Waals surface area contributed by atoms with Gasteiger partial charge in [-0.2, -0.15) is 10.2 Å². The smallest absolute Gasteiger partial charge is 0.224 e. The largest absolute Gasteiger partial charge is 0.378 e. The number of aromatic nitrogens is 2. The molecule has 8 heteroatoms. The minimum Gasteiger partial charge on any atom is -0.378 e. The van der Waals surface area contributed by atoms with E-state index in [4.69, 9.17) is 10.8 Å². The summed E-state index contributed by atoms with van der Waals surface area (Å²) in [7, 11) is 3.56. The summed E-state index contributed by atoms with van der Waals surface area (Å²) < 4.78 is 1.80. The fraction of sp³-hybridized carbons (Fsp3) is 0.280. The standard InChI is InChI=1S/C25H29N7O/c1-16(31-26)25-21-8-7-18(19-14-29-32(3)15-19)13-22(21)23(9-10-28-25)30-20-6-4-5-17(11-20)12-24(33)27-2/h4-8,11,13-15,23,30H,9-10,12,26H2,1-3H3,(H,27,33). The summed E-state index contributed by atoms with van der Waals surface area (Å²) in [5.74, 6) is 5.60. The van der Waals surface area contributed by atoms with E-state index in [2.05, 4.69) is 39.0 Å². The van der Waals surface area contributed by atoms with Gasteiger partial charge in [0.2, 0.25) is 5.91 Å². The van der Waals surface area contributed by atoms with Crippen molar-refractivity contribution in [1.82, 2.24) is 15.1 Å². The minimum absolute atomic E-state index is 0.0114. The normalized spacial score (nSPS) is 15.9. The first-order valence-electron chi connectivity index (χ1n) is 11.0. The van der Waals surface area contributed by atoms with E-state index in [1.165, 1.54) is 0 Å². The minimum atomic E-state index is -0.0114. The highest BCUT2D eigenvalue weighted by molar-refractivity contribution is 6.48. The molecule has 0 spiro atoms. The Kier molecular flexibility index (Phi) is 6.53. The molecule has 1 aliphatic rings. The van der Waals surface area contributed by atoms with Crippen molar-refractivity contribution in [2.24, 2.45) is 23.0 Å². The number of carbonyl (C=O) groups excluding carboxylic acids is 1. The molecule has 170 valence electrons. The van der Waals surface area contributed by atoms with Crippen molar-refractivity contribution in [3.05, 3.63) is 71.5 Å². The molecule has 0 saturated carbocycles. The molecule has 1 amide bonds. The Labute approximate surface area is 193 Å². The number of hydrogen-bond acceptors (Lipinski definition) is 6. The fourth-order valence-corrected chi connectivity index (χ4v) is 4.13. The Morgan fingerprint density at radius 1 is 1.24 bits per heavy atom. The first-order chi connectivity index (χ1) is 16.0. The fourth-order valence-electron chi connectivity index (χ4n) is 4.13. The number of nitrogens with two attached hydrogens (primary N) is 1. The highest BCUT2D eigenvalue weighted by atomic mass is 16.1. The summed E-state index contributed by atoms with van der Waals surface area (Å²) in [6.45, 7) is 2.53. The number of carbonyl (C=O) groups is 1. The van der Waals surface area contributed by atoms with Crippen molar-refractivity contribution < 1.29 is 4.79 Å². The van der Waals surface area contributed by atoms with Gasteiger partial charge in [0.1, 0.15) is 0 Å². The molecule has 2 aromatic carbocycles. The van der Waals surface area contributed by atoms with Crippen molar-refractivity contribution in [2.75, 3.05) is 18.9 Å². The van der Waals surface area contributed by atoms with Crippen LogP contribution in [-0.4, -0.2) is 40.7 Å². The number of nitrogens with zero attached hydrogens (tertiary/aromatic N) is 4. The number of likely N-dealkylation sites (N-methyl/N-ethyl adjacent to an activating group) is 1. The molecule has 4 rings (SSSR count). The zero-order chi connectivity index (χ0) is 23.4. The highest BCUT2D eigenvalue weighted by Gasteiger charge is 2.24. The van der Waals surface area contributed by atoms with Crippen LogP contribution in [0.25, 0.3) is 11.1 Å². The van der Waals surface area contributed by atoms with E-state index in [0.29, 0.717) is 18.7 Å². The number of aryl methyl sites for hydroxylation is 1. The number of rotatable bonds is 6. The maximum absolute atomic E-state index is 11.8. The number of amides is 1. The second kappa shape index (κ2) is 9.68. The number of fused-ring (bicyclic) bond motifs is 1. The molecule has 0 radical (unpaired) electrons. The van der Waals surface area contributed by atoms with Crippen molar-refractivity contribution in [1.29, 1.82) is 0 Å².